The SMILES string of the molecule is Cc1nc2c(cnn2C(C)C)cc1C(=O)Nc1nc(-c2ccccc2)cs1. The number of anilines is 1. The number of pyridine rings is 1. The van der Waals surface area contributed by atoms with E-state index in [2.05, 4.69) is 34.2 Å². The Balaban J connectivity index is 1.60. The molecule has 0 fully saturated rings. The Morgan fingerprint density at radius 3 is 2.70 bits per heavy atom. The minimum absolute atomic E-state index is 0.209. The molecule has 0 aliphatic carbocycles. The summed E-state index contributed by atoms with van der Waals surface area (Å²) in [7, 11) is 0. The van der Waals surface area contributed by atoms with Gasteiger partial charge >= 0.3 is 0 Å². The lowest BCUT2D eigenvalue weighted by molar-refractivity contribution is 0.102. The van der Waals surface area contributed by atoms with Crippen LogP contribution in [0.3, 0.4) is 0 Å². The highest BCUT2D eigenvalue weighted by Gasteiger charge is 2.16. The molecule has 0 atom stereocenters. The minimum Gasteiger partial charge on any atom is -0.298 e. The average molecular weight is 377 g/mol. The van der Waals surface area contributed by atoms with Crippen LogP contribution in [0.1, 0.15) is 35.9 Å². The number of amides is 1. The quantitative estimate of drug-likeness (QED) is 0.560. The van der Waals surface area contributed by atoms with Crippen molar-refractivity contribution in [3.8, 4) is 11.3 Å². The van der Waals surface area contributed by atoms with Crippen molar-refractivity contribution in [1.29, 1.82) is 0 Å². The molecule has 4 aromatic rings. The molecular weight excluding hydrogens is 358 g/mol. The summed E-state index contributed by atoms with van der Waals surface area (Å²) in [5.74, 6) is -0.215. The van der Waals surface area contributed by atoms with Crippen molar-refractivity contribution in [3.63, 3.8) is 0 Å². The second-order valence-electron chi connectivity index (χ2n) is 6.58. The van der Waals surface area contributed by atoms with Crippen LogP contribution in [0.15, 0.2) is 48.0 Å². The molecule has 136 valence electrons. The molecule has 1 N–H and O–H groups in total. The lowest BCUT2D eigenvalue weighted by Crippen LogP contribution is -2.14. The molecule has 0 aliphatic heterocycles. The third-order valence-electron chi connectivity index (χ3n) is 4.29. The maximum absolute atomic E-state index is 12.8. The van der Waals surface area contributed by atoms with Crippen molar-refractivity contribution in [2.45, 2.75) is 26.8 Å². The number of benzene rings is 1. The number of nitrogens with one attached hydrogen (secondary N) is 1. The predicted octanol–water partition coefficient (Wildman–Crippen LogP) is 4.70. The summed E-state index contributed by atoms with van der Waals surface area (Å²) in [6, 6.07) is 11.9. The number of rotatable bonds is 4. The van der Waals surface area contributed by atoms with Crippen LogP contribution in [0.5, 0.6) is 0 Å². The summed E-state index contributed by atoms with van der Waals surface area (Å²) in [6.07, 6.45) is 1.75. The van der Waals surface area contributed by atoms with Crippen molar-refractivity contribution in [1.82, 2.24) is 19.7 Å². The van der Waals surface area contributed by atoms with E-state index in [1.54, 1.807) is 6.20 Å². The molecule has 0 bridgehead atoms. The summed E-state index contributed by atoms with van der Waals surface area (Å²) in [4.78, 5) is 21.9. The van der Waals surface area contributed by atoms with Crippen molar-refractivity contribution < 1.29 is 4.79 Å². The van der Waals surface area contributed by atoms with E-state index in [-0.39, 0.29) is 11.9 Å². The fraction of sp³-hybridized carbons (Fsp3) is 0.200. The van der Waals surface area contributed by atoms with Crippen LogP contribution >= 0.6 is 11.3 Å². The monoisotopic (exact) mass is 377 g/mol. The molecule has 0 spiro atoms. The Bertz CT molecular complexity index is 1110. The van der Waals surface area contributed by atoms with Crippen LogP contribution < -0.4 is 5.32 Å². The molecule has 0 saturated carbocycles. The van der Waals surface area contributed by atoms with E-state index in [0.29, 0.717) is 16.4 Å². The fourth-order valence-electron chi connectivity index (χ4n) is 2.91. The van der Waals surface area contributed by atoms with Crippen molar-refractivity contribution in [2.24, 2.45) is 0 Å². The maximum atomic E-state index is 12.8. The largest absolute Gasteiger partial charge is 0.298 e. The van der Waals surface area contributed by atoms with Crippen molar-refractivity contribution in [3.05, 3.63) is 59.2 Å². The molecule has 1 amide bonds. The van der Waals surface area contributed by atoms with E-state index < -0.39 is 0 Å². The van der Waals surface area contributed by atoms with Crippen molar-refractivity contribution >= 4 is 33.4 Å². The van der Waals surface area contributed by atoms with E-state index in [1.165, 1.54) is 11.3 Å². The Morgan fingerprint density at radius 2 is 1.96 bits per heavy atom. The van der Waals surface area contributed by atoms with Gasteiger partial charge in [-0.05, 0) is 26.8 Å². The molecule has 0 radical (unpaired) electrons. The number of carbonyl (C=O) groups excluding carboxylic acids is 1. The van der Waals surface area contributed by atoms with E-state index in [4.69, 9.17) is 0 Å². The van der Waals surface area contributed by atoms with Gasteiger partial charge < -0.3 is 0 Å². The molecule has 6 nitrogen and oxygen atoms in total. The highest BCUT2D eigenvalue weighted by molar-refractivity contribution is 7.14. The molecule has 0 saturated heterocycles. The van der Waals surface area contributed by atoms with Gasteiger partial charge in [0.15, 0.2) is 10.8 Å². The van der Waals surface area contributed by atoms with Gasteiger partial charge in [0, 0.05) is 22.4 Å². The normalized spacial score (nSPS) is 11.3. The topological polar surface area (TPSA) is 72.7 Å². The Hall–Kier alpha value is -3.06. The number of nitrogens with zero attached hydrogens (tertiary/aromatic N) is 4. The molecule has 0 unspecified atom stereocenters. The highest BCUT2D eigenvalue weighted by atomic mass is 32.1. The Morgan fingerprint density at radius 1 is 1.19 bits per heavy atom. The number of aryl methyl sites for hydroxylation is 1. The number of hydrogen-bond acceptors (Lipinski definition) is 5. The zero-order chi connectivity index (χ0) is 19.0. The summed E-state index contributed by atoms with van der Waals surface area (Å²) in [6.45, 7) is 5.94. The summed E-state index contributed by atoms with van der Waals surface area (Å²) in [5.41, 5.74) is 3.86. The van der Waals surface area contributed by atoms with E-state index >= 15 is 0 Å². The molecule has 0 aliphatic rings. The first-order chi connectivity index (χ1) is 13.0. The zero-order valence-corrected chi connectivity index (χ0v) is 16.1. The Kier molecular flexibility index (Phi) is 4.45. The molecule has 1 aromatic carbocycles. The van der Waals surface area contributed by atoms with E-state index in [1.807, 2.05) is 53.4 Å². The van der Waals surface area contributed by atoms with Crippen LogP contribution in [-0.2, 0) is 0 Å². The van der Waals surface area contributed by atoms with Gasteiger partial charge in [0.2, 0.25) is 0 Å². The Labute approximate surface area is 160 Å². The maximum Gasteiger partial charge on any atom is 0.259 e. The second kappa shape index (κ2) is 6.92. The lowest BCUT2D eigenvalue weighted by Gasteiger charge is -2.09. The van der Waals surface area contributed by atoms with Gasteiger partial charge in [-0.25, -0.2) is 14.6 Å². The van der Waals surface area contributed by atoms with Gasteiger partial charge in [-0.1, -0.05) is 30.3 Å². The second-order valence-corrected chi connectivity index (χ2v) is 7.43. The first-order valence-corrected chi connectivity index (χ1v) is 9.58. The van der Waals surface area contributed by atoms with Gasteiger partial charge in [0.05, 0.1) is 23.1 Å². The molecule has 3 heterocycles. The average Bonchev–Trinajstić information content (AvgIpc) is 3.28. The standard InChI is InChI=1S/C20H19N5OS/c1-12(2)25-18-15(10-21-25)9-16(13(3)22-18)19(26)24-20-23-17(11-27-20)14-7-5-4-6-8-14/h4-12H,1-3H3,(H,23,24,26). The molecular formula is C20H19N5OS. The number of aromatic nitrogens is 4. The number of carbonyl (C=O) groups is 1. The number of fused-ring (bicyclic) bond motifs is 1. The molecule has 7 heteroatoms. The first kappa shape index (κ1) is 17.4. The highest BCUT2D eigenvalue weighted by Crippen LogP contribution is 2.26. The van der Waals surface area contributed by atoms with Gasteiger partial charge in [-0.15, -0.1) is 11.3 Å². The van der Waals surface area contributed by atoms with Crippen LogP contribution in [-0.4, -0.2) is 25.7 Å². The summed E-state index contributed by atoms with van der Waals surface area (Å²) >= 11 is 1.40. The molecule has 4 rings (SSSR count). The van der Waals surface area contributed by atoms with Crippen LogP contribution in [0.2, 0.25) is 0 Å². The van der Waals surface area contributed by atoms with Crippen LogP contribution in [0, 0.1) is 6.92 Å². The zero-order valence-electron chi connectivity index (χ0n) is 15.3. The van der Waals surface area contributed by atoms with Crippen LogP contribution in [0.25, 0.3) is 22.3 Å². The summed E-state index contributed by atoms with van der Waals surface area (Å²) < 4.78 is 1.86. The number of thiazole rings is 1. The first-order valence-electron chi connectivity index (χ1n) is 8.70. The summed E-state index contributed by atoms with van der Waals surface area (Å²) in [5, 5.41) is 10.6. The minimum atomic E-state index is -0.215. The van der Waals surface area contributed by atoms with Gasteiger partial charge in [-0.3, -0.25) is 10.1 Å². The number of hydrogen-bond donors (Lipinski definition) is 1. The smallest absolute Gasteiger partial charge is 0.259 e. The van der Waals surface area contributed by atoms with E-state index in [9.17, 15) is 4.79 Å². The lowest BCUT2D eigenvalue weighted by atomic mass is 10.1. The van der Waals surface area contributed by atoms with Gasteiger partial charge in [0.25, 0.3) is 5.91 Å². The third-order valence-corrected chi connectivity index (χ3v) is 5.05. The van der Waals surface area contributed by atoms with Gasteiger partial charge in [-0.2, -0.15) is 5.10 Å². The van der Waals surface area contributed by atoms with Gasteiger partial charge in [0.1, 0.15) is 0 Å². The van der Waals surface area contributed by atoms with Crippen molar-refractivity contribution in [2.75, 3.05) is 5.32 Å². The fourth-order valence-corrected chi connectivity index (χ4v) is 3.63. The molecule has 3 aromatic heterocycles. The predicted molar refractivity (Wildman–Crippen MR) is 108 cm³/mol. The van der Waals surface area contributed by atoms with Crippen LogP contribution in [0.4, 0.5) is 5.13 Å². The molecule has 27 heavy (non-hydrogen) atoms. The van der Waals surface area contributed by atoms with E-state index in [0.717, 1.165) is 22.3 Å². The third kappa shape index (κ3) is 3.33.